The van der Waals surface area contributed by atoms with Crippen molar-refractivity contribution in [1.82, 2.24) is 5.32 Å². The van der Waals surface area contributed by atoms with Gasteiger partial charge in [0.2, 0.25) is 5.91 Å². The Morgan fingerprint density at radius 3 is 3.06 bits per heavy atom. The van der Waals surface area contributed by atoms with Gasteiger partial charge in [0.15, 0.2) is 0 Å². The number of hydrogen-bond donors (Lipinski definition) is 1. The number of carbonyl (C=O) groups excluding carboxylic acids is 1. The van der Waals surface area contributed by atoms with Crippen LogP contribution in [0.2, 0.25) is 0 Å². The molecule has 17 heavy (non-hydrogen) atoms. The molecule has 3 heteroatoms. The molecule has 92 valence electrons. The molecule has 1 aliphatic rings. The van der Waals surface area contributed by atoms with Gasteiger partial charge in [0, 0.05) is 6.04 Å². The molecule has 0 saturated carbocycles. The number of amides is 1. The number of nitrogens with one attached hydrogen (secondary N) is 1. The van der Waals surface area contributed by atoms with Gasteiger partial charge in [-0.3, -0.25) is 4.79 Å². The van der Waals surface area contributed by atoms with E-state index in [0.29, 0.717) is 6.61 Å². The van der Waals surface area contributed by atoms with E-state index in [2.05, 4.69) is 12.2 Å². The van der Waals surface area contributed by atoms with E-state index in [0.717, 1.165) is 24.2 Å². The first kappa shape index (κ1) is 12.0. The molecule has 0 aromatic heterocycles. The Hall–Kier alpha value is -1.51. The lowest BCUT2D eigenvalue weighted by molar-refractivity contribution is -0.126. The fourth-order valence-corrected chi connectivity index (χ4v) is 1.96. The van der Waals surface area contributed by atoms with Crippen LogP contribution in [0.4, 0.5) is 0 Å². The van der Waals surface area contributed by atoms with Gasteiger partial charge < -0.3 is 10.1 Å². The summed E-state index contributed by atoms with van der Waals surface area (Å²) in [6, 6.07) is 8.16. The topological polar surface area (TPSA) is 38.3 Å². The van der Waals surface area contributed by atoms with Crippen molar-refractivity contribution in [2.45, 2.75) is 32.7 Å². The molecule has 3 nitrogen and oxygen atoms in total. The largest absolute Gasteiger partial charge is 0.492 e. The standard InChI is InChI=1S/C14H19NO2/c1-3-10(2)15-14(16)12-8-11-6-4-5-7-13(11)17-9-12/h4-7,10,12H,3,8-9H2,1-2H3,(H,15,16). The molecular formula is C14H19NO2. The summed E-state index contributed by atoms with van der Waals surface area (Å²) in [5.74, 6) is 0.966. The van der Waals surface area contributed by atoms with Crippen molar-refractivity contribution in [3.63, 3.8) is 0 Å². The Labute approximate surface area is 102 Å². The fourth-order valence-electron chi connectivity index (χ4n) is 1.96. The zero-order valence-corrected chi connectivity index (χ0v) is 10.4. The van der Waals surface area contributed by atoms with Crippen molar-refractivity contribution in [3.8, 4) is 5.75 Å². The normalized spacial score (nSPS) is 20.0. The molecule has 1 N–H and O–H groups in total. The van der Waals surface area contributed by atoms with Gasteiger partial charge in [0.25, 0.3) is 0 Å². The van der Waals surface area contributed by atoms with Gasteiger partial charge in [-0.05, 0) is 31.4 Å². The summed E-state index contributed by atoms with van der Waals surface area (Å²) in [5.41, 5.74) is 1.13. The summed E-state index contributed by atoms with van der Waals surface area (Å²) in [5, 5.41) is 3.01. The minimum Gasteiger partial charge on any atom is -0.492 e. The van der Waals surface area contributed by atoms with Crippen molar-refractivity contribution in [1.29, 1.82) is 0 Å². The molecule has 1 aromatic rings. The molecule has 1 aromatic carbocycles. The monoisotopic (exact) mass is 233 g/mol. The van der Waals surface area contributed by atoms with E-state index in [1.165, 1.54) is 0 Å². The third-order valence-electron chi connectivity index (χ3n) is 3.25. The Kier molecular flexibility index (Phi) is 3.67. The predicted molar refractivity (Wildman–Crippen MR) is 67.0 cm³/mol. The van der Waals surface area contributed by atoms with Gasteiger partial charge >= 0.3 is 0 Å². The van der Waals surface area contributed by atoms with Crippen molar-refractivity contribution in [2.75, 3.05) is 6.61 Å². The summed E-state index contributed by atoms with van der Waals surface area (Å²) in [7, 11) is 0. The third-order valence-corrected chi connectivity index (χ3v) is 3.25. The molecule has 0 fully saturated rings. The first-order chi connectivity index (χ1) is 8.20. The first-order valence-electron chi connectivity index (χ1n) is 6.21. The maximum absolute atomic E-state index is 12.0. The Balaban J connectivity index is 2.00. The van der Waals surface area contributed by atoms with Crippen LogP contribution in [0.5, 0.6) is 5.75 Å². The van der Waals surface area contributed by atoms with Crippen LogP contribution in [0.3, 0.4) is 0 Å². The van der Waals surface area contributed by atoms with E-state index in [1.807, 2.05) is 31.2 Å². The zero-order valence-electron chi connectivity index (χ0n) is 10.4. The second-order valence-corrected chi connectivity index (χ2v) is 4.64. The average Bonchev–Trinajstić information content (AvgIpc) is 2.38. The number of rotatable bonds is 3. The van der Waals surface area contributed by atoms with Crippen LogP contribution in [-0.2, 0) is 11.2 Å². The van der Waals surface area contributed by atoms with Crippen LogP contribution in [0, 0.1) is 5.92 Å². The van der Waals surface area contributed by atoms with Gasteiger partial charge in [-0.1, -0.05) is 25.1 Å². The number of fused-ring (bicyclic) bond motifs is 1. The van der Waals surface area contributed by atoms with E-state index in [9.17, 15) is 4.79 Å². The van der Waals surface area contributed by atoms with Crippen molar-refractivity contribution < 1.29 is 9.53 Å². The molecule has 2 unspecified atom stereocenters. The van der Waals surface area contributed by atoms with E-state index in [1.54, 1.807) is 0 Å². The van der Waals surface area contributed by atoms with E-state index < -0.39 is 0 Å². The van der Waals surface area contributed by atoms with E-state index >= 15 is 0 Å². The Bertz CT molecular complexity index is 403. The molecule has 2 rings (SSSR count). The minimum atomic E-state index is -0.0566. The highest BCUT2D eigenvalue weighted by Gasteiger charge is 2.26. The highest BCUT2D eigenvalue weighted by molar-refractivity contribution is 5.79. The van der Waals surface area contributed by atoms with Crippen LogP contribution in [0.1, 0.15) is 25.8 Å². The lowest BCUT2D eigenvalue weighted by Gasteiger charge is -2.25. The maximum Gasteiger partial charge on any atom is 0.227 e. The predicted octanol–water partition coefficient (Wildman–Crippen LogP) is 2.15. The van der Waals surface area contributed by atoms with Crippen LogP contribution >= 0.6 is 0 Å². The first-order valence-corrected chi connectivity index (χ1v) is 6.21. The molecule has 0 saturated heterocycles. The average molecular weight is 233 g/mol. The lowest BCUT2D eigenvalue weighted by atomic mass is 9.96. The Morgan fingerprint density at radius 1 is 1.53 bits per heavy atom. The molecule has 1 aliphatic heterocycles. The molecular weight excluding hydrogens is 214 g/mol. The van der Waals surface area contributed by atoms with Crippen LogP contribution in [0.25, 0.3) is 0 Å². The molecule has 2 atom stereocenters. The second-order valence-electron chi connectivity index (χ2n) is 4.64. The quantitative estimate of drug-likeness (QED) is 0.868. The van der Waals surface area contributed by atoms with Crippen LogP contribution < -0.4 is 10.1 Å². The fraction of sp³-hybridized carbons (Fsp3) is 0.500. The third kappa shape index (κ3) is 2.78. The van der Waals surface area contributed by atoms with Crippen molar-refractivity contribution in [2.24, 2.45) is 5.92 Å². The van der Waals surface area contributed by atoms with E-state index in [-0.39, 0.29) is 17.9 Å². The number of benzene rings is 1. The minimum absolute atomic E-state index is 0.0566. The molecule has 0 aliphatic carbocycles. The van der Waals surface area contributed by atoms with Gasteiger partial charge in [-0.25, -0.2) is 0 Å². The van der Waals surface area contributed by atoms with Gasteiger partial charge in [0.05, 0.1) is 5.92 Å². The van der Waals surface area contributed by atoms with Gasteiger partial charge in [-0.2, -0.15) is 0 Å². The summed E-state index contributed by atoms with van der Waals surface area (Å²) in [4.78, 5) is 12.0. The van der Waals surface area contributed by atoms with Gasteiger partial charge in [-0.15, -0.1) is 0 Å². The zero-order chi connectivity index (χ0) is 12.3. The van der Waals surface area contributed by atoms with Crippen LogP contribution in [-0.4, -0.2) is 18.6 Å². The maximum atomic E-state index is 12.0. The smallest absolute Gasteiger partial charge is 0.227 e. The molecule has 1 amide bonds. The summed E-state index contributed by atoms with van der Waals surface area (Å²) in [6.45, 7) is 4.58. The van der Waals surface area contributed by atoms with E-state index in [4.69, 9.17) is 4.74 Å². The highest BCUT2D eigenvalue weighted by atomic mass is 16.5. The Morgan fingerprint density at radius 2 is 2.29 bits per heavy atom. The number of para-hydroxylation sites is 1. The molecule has 0 bridgehead atoms. The molecule has 0 spiro atoms. The molecule has 1 heterocycles. The second kappa shape index (κ2) is 5.21. The summed E-state index contributed by atoms with van der Waals surface area (Å²) in [6.07, 6.45) is 1.73. The van der Waals surface area contributed by atoms with Crippen molar-refractivity contribution in [3.05, 3.63) is 29.8 Å². The summed E-state index contributed by atoms with van der Waals surface area (Å²) < 4.78 is 5.61. The summed E-state index contributed by atoms with van der Waals surface area (Å²) >= 11 is 0. The SMILES string of the molecule is CCC(C)NC(=O)C1COc2ccccc2C1. The van der Waals surface area contributed by atoms with Crippen LogP contribution in [0.15, 0.2) is 24.3 Å². The molecule has 0 radical (unpaired) electrons. The highest BCUT2D eigenvalue weighted by Crippen LogP contribution is 2.26. The van der Waals surface area contributed by atoms with Gasteiger partial charge in [0.1, 0.15) is 12.4 Å². The number of ether oxygens (including phenoxy) is 1. The number of hydrogen-bond acceptors (Lipinski definition) is 2. The van der Waals surface area contributed by atoms with Crippen molar-refractivity contribution >= 4 is 5.91 Å². The lowest BCUT2D eigenvalue weighted by Crippen LogP contribution is -2.41. The number of carbonyl (C=O) groups is 1.